The van der Waals surface area contributed by atoms with E-state index >= 15 is 0 Å². The van der Waals surface area contributed by atoms with Crippen LogP contribution in [-0.4, -0.2) is 43.2 Å². The van der Waals surface area contributed by atoms with Gasteiger partial charge in [-0.2, -0.15) is 0 Å². The number of hydrogen-bond donors (Lipinski definition) is 1. The molecule has 0 aromatic heterocycles. The SMILES string of the molecule is COCCN1C(N)=NCC12CCC(c1ccccc1)CC2. The minimum absolute atomic E-state index is 0.147. The highest BCUT2D eigenvalue weighted by atomic mass is 16.5. The van der Waals surface area contributed by atoms with Crippen LogP contribution in [0.2, 0.25) is 0 Å². The van der Waals surface area contributed by atoms with Crippen LogP contribution in [0.3, 0.4) is 0 Å². The van der Waals surface area contributed by atoms with Gasteiger partial charge in [0.05, 0.1) is 18.7 Å². The van der Waals surface area contributed by atoms with E-state index in [4.69, 9.17) is 10.5 Å². The van der Waals surface area contributed by atoms with Crippen molar-refractivity contribution in [1.82, 2.24) is 4.90 Å². The molecule has 3 rings (SSSR count). The van der Waals surface area contributed by atoms with Gasteiger partial charge in [0.2, 0.25) is 0 Å². The molecule has 1 aromatic carbocycles. The molecule has 0 saturated heterocycles. The molecule has 1 aliphatic carbocycles. The summed E-state index contributed by atoms with van der Waals surface area (Å²) in [5.74, 6) is 1.38. The van der Waals surface area contributed by atoms with E-state index in [1.807, 2.05) is 0 Å². The molecule has 0 unspecified atom stereocenters. The van der Waals surface area contributed by atoms with Crippen LogP contribution in [0.4, 0.5) is 0 Å². The first-order valence-corrected chi connectivity index (χ1v) is 7.87. The number of benzene rings is 1. The fraction of sp³-hybridized carbons (Fsp3) is 0.588. The van der Waals surface area contributed by atoms with Gasteiger partial charge in [0, 0.05) is 13.7 Å². The summed E-state index contributed by atoms with van der Waals surface area (Å²) in [6, 6.07) is 10.9. The summed E-state index contributed by atoms with van der Waals surface area (Å²) >= 11 is 0. The van der Waals surface area contributed by atoms with Gasteiger partial charge in [-0.1, -0.05) is 30.3 Å². The second-order valence-electron chi connectivity index (χ2n) is 6.23. The third kappa shape index (κ3) is 2.77. The van der Waals surface area contributed by atoms with Gasteiger partial charge in [-0.3, -0.25) is 4.99 Å². The van der Waals surface area contributed by atoms with Crippen LogP contribution < -0.4 is 5.73 Å². The quantitative estimate of drug-likeness (QED) is 0.925. The highest BCUT2D eigenvalue weighted by molar-refractivity contribution is 5.81. The Bertz CT molecular complexity index is 492. The molecule has 1 spiro atoms. The Labute approximate surface area is 127 Å². The zero-order valence-corrected chi connectivity index (χ0v) is 12.8. The van der Waals surface area contributed by atoms with Crippen LogP contribution in [0, 0.1) is 0 Å². The summed E-state index contributed by atoms with van der Waals surface area (Å²) in [5, 5.41) is 0. The first kappa shape index (κ1) is 14.4. The van der Waals surface area contributed by atoms with Gasteiger partial charge in [-0.25, -0.2) is 0 Å². The zero-order chi connectivity index (χ0) is 14.7. The Hall–Kier alpha value is -1.55. The summed E-state index contributed by atoms with van der Waals surface area (Å²) in [6.45, 7) is 2.41. The molecular weight excluding hydrogens is 262 g/mol. The Morgan fingerprint density at radius 1 is 1.29 bits per heavy atom. The largest absolute Gasteiger partial charge is 0.383 e. The summed E-state index contributed by atoms with van der Waals surface area (Å²) in [6.07, 6.45) is 4.77. The molecule has 0 radical (unpaired) electrons. The number of aliphatic imine (C=N–C) groups is 1. The standard InChI is InChI=1S/C17H25N3O/c1-21-12-11-20-16(18)19-13-17(20)9-7-15(8-10-17)14-5-3-2-4-6-14/h2-6,15H,7-13H2,1H3,(H2,18,19). The van der Waals surface area contributed by atoms with Gasteiger partial charge >= 0.3 is 0 Å². The van der Waals surface area contributed by atoms with Crippen LogP contribution in [0.15, 0.2) is 35.3 Å². The fourth-order valence-electron chi connectivity index (χ4n) is 3.82. The lowest BCUT2D eigenvalue weighted by Gasteiger charge is -2.44. The van der Waals surface area contributed by atoms with E-state index < -0.39 is 0 Å². The average Bonchev–Trinajstić information content (AvgIpc) is 2.83. The number of methoxy groups -OCH3 is 1. The van der Waals surface area contributed by atoms with Crippen molar-refractivity contribution in [3.63, 3.8) is 0 Å². The molecular formula is C17H25N3O. The number of ether oxygens (including phenoxy) is 1. The monoisotopic (exact) mass is 287 g/mol. The fourth-order valence-corrected chi connectivity index (χ4v) is 3.82. The normalized spacial score (nSPS) is 28.9. The Kier molecular flexibility index (Phi) is 4.15. The maximum absolute atomic E-state index is 6.09. The molecule has 114 valence electrons. The van der Waals surface area contributed by atoms with Gasteiger partial charge in [0.25, 0.3) is 0 Å². The third-order valence-corrected chi connectivity index (χ3v) is 5.09. The van der Waals surface area contributed by atoms with Crippen molar-refractivity contribution in [3.8, 4) is 0 Å². The van der Waals surface area contributed by atoms with Crippen LogP contribution in [0.5, 0.6) is 0 Å². The van der Waals surface area contributed by atoms with E-state index in [-0.39, 0.29) is 5.54 Å². The van der Waals surface area contributed by atoms with Crippen LogP contribution in [0.1, 0.15) is 37.2 Å². The Balaban J connectivity index is 1.67. The molecule has 0 amide bonds. The van der Waals surface area contributed by atoms with E-state index in [1.54, 1.807) is 7.11 Å². The molecule has 4 nitrogen and oxygen atoms in total. The zero-order valence-electron chi connectivity index (χ0n) is 12.8. The number of rotatable bonds is 4. The second-order valence-corrected chi connectivity index (χ2v) is 6.23. The van der Waals surface area contributed by atoms with Crippen molar-refractivity contribution in [2.75, 3.05) is 26.8 Å². The van der Waals surface area contributed by atoms with E-state index in [1.165, 1.54) is 31.2 Å². The van der Waals surface area contributed by atoms with Gasteiger partial charge < -0.3 is 15.4 Å². The van der Waals surface area contributed by atoms with Gasteiger partial charge in [0.1, 0.15) is 0 Å². The molecule has 2 N–H and O–H groups in total. The molecule has 1 fully saturated rings. The Morgan fingerprint density at radius 2 is 2.00 bits per heavy atom. The van der Waals surface area contributed by atoms with Gasteiger partial charge in [0.15, 0.2) is 5.96 Å². The van der Waals surface area contributed by atoms with Crippen LogP contribution in [-0.2, 0) is 4.74 Å². The molecule has 0 atom stereocenters. The first-order valence-electron chi connectivity index (χ1n) is 7.87. The van der Waals surface area contributed by atoms with Gasteiger partial charge in [-0.15, -0.1) is 0 Å². The van der Waals surface area contributed by atoms with Crippen molar-refractivity contribution in [3.05, 3.63) is 35.9 Å². The topological polar surface area (TPSA) is 50.9 Å². The summed E-state index contributed by atoms with van der Waals surface area (Å²) < 4.78 is 5.22. The lowest BCUT2D eigenvalue weighted by Crippen LogP contribution is -2.54. The summed E-state index contributed by atoms with van der Waals surface area (Å²) in [5.41, 5.74) is 7.71. The number of nitrogens with two attached hydrogens (primary N) is 1. The van der Waals surface area contributed by atoms with Crippen LogP contribution in [0.25, 0.3) is 0 Å². The lowest BCUT2D eigenvalue weighted by atomic mass is 9.73. The first-order chi connectivity index (χ1) is 10.2. The molecule has 1 heterocycles. The molecule has 4 heteroatoms. The van der Waals surface area contributed by atoms with E-state index in [2.05, 4.69) is 40.2 Å². The van der Waals surface area contributed by atoms with Crippen molar-refractivity contribution < 1.29 is 4.74 Å². The predicted molar refractivity (Wildman–Crippen MR) is 85.5 cm³/mol. The van der Waals surface area contributed by atoms with E-state index in [0.29, 0.717) is 18.5 Å². The maximum atomic E-state index is 6.09. The van der Waals surface area contributed by atoms with Gasteiger partial charge in [-0.05, 0) is 37.2 Å². The minimum atomic E-state index is 0.147. The molecule has 2 aliphatic rings. The second kappa shape index (κ2) is 6.06. The number of guanidine groups is 1. The van der Waals surface area contributed by atoms with E-state index in [0.717, 1.165) is 13.1 Å². The molecule has 21 heavy (non-hydrogen) atoms. The smallest absolute Gasteiger partial charge is 0.191 e. The van der Waals surface area contributed by atoms with E-state index in [9.17, 15) is 0 Å². The van der Waals surface area contributed by atoms with Crippen molar-refractivity contribution in [2.24, 2.45) is 10.7 Å². The highest BCUT2D eigenvalue weighted by Gasteiger charge is 2.44. The van der Waals surface area contributed by atoms with Crippen molar-refractivity contribution >= 4 is 5.96 Å². The number of nitrogens with zero attached hydrogens (tertiary/aromatic N) is 2. The lowest BCUT2D eigenvalue weighted by molar-refractivity contribution is 0.0965. The maximum Gasteiger partial charge on any atom is 0.191 e. The van der Waals surface area contributed by atoms with Crippen molar-refractivity contribution in [2.45, 2.75) is 37.1 Å². The third-order valence-electron chi connectivity index (χ3n) is 5.09. The number of hydrogen-bond acceptors (Lipinski definition) is 4. The summed E-state index contributed by atoms with van der Waals surface area (Å²) in [4.78, 5) is 6.80. The predicted octanol–water partition coefficient (Wildman–Crippen LogP) is 2.36. The average molecular weight is 287 g/mol. The van der Waals surface area contributed by atoms with Crippen LogP contribution >= 0.6 is 0 Å². The highest BCUT2D eigenvalue weighted by Crippen LogP contribution is 2.42. The van der Waals surface area contributed by atoms with Crippen molar-refractivity contribution in [1.29, 1.82) is 0 Å². The molecule has 1 aliphatic heterocycles. The molecule has 1 aromatic rings. The molecule has 1 saturated carbocycles. The molecule has 0 bridgehead atoms. The Morgan fingerprint density at radius 3 is 2.67 bits per heavy atom. The summed E-state index contributed by atoms with van der Waals surface area (Å²) in [7, 11) is 1.74. The minimum Gasteiger partial charge on any atom is -0.383 e.